The molecule has 3 heterocycles. The molecule has 9 heavy (non-hydrogen) atoms. The van der Waals surface area contributed by atoms with Crippen molar-refractivity contribution in [1.29, 1.82) is 0 Å². The van der Waals surface area contributed by atoms with Gasteiger partial charge in [-0.25, -0.2) is 0 Å². The zero-order chi connectivity index (χ0) is 6.22. The van der Waals surface area contributed by atoms with Crippen molar-refractivity contribution in [3.05, 3.63) is 21.9 Å². The highest BCUT2D eigenvalue weighted by Gasteiger charge is 2.74. The fraction of sp³-hybridized carbons (Fsp3) is 0. The summed E-state index contributed by atoms with van der Waals surface area (Å²) in [6.07, 6.45) is 1.57. The third-order valence-corrected chi connectivity index (χ3v) is 4.86. The summed E-state index contributed by atoms with van der Waals surface area (Å²) in [6, 6.07) is 0. The van der Waals surface area contributed by atoms with Crippen LogP contribution >= 0.6 is 18.7 Å². The Balaban J connectivity index is 2.44. The van der Waals surface area contributed by atoms with Crippen LogP contribution in [0.5, 0.6) is 0 Å². The normalized spacial score (nSPS) is 41.4. The molecule has 0 radical (unpaired) electrons. The van der Waals surface area contributed by atoms with Gasteiger partial charge >= 0.3 is 0 Å². The molecule has 2 nitrogen and oxygen atoms in total. The minimum Gasteiger partial charge on any atom is -0.307 e. The van der Waals surface area contributed by atoms with Crippen molar-refractivity contribution in [3.8, 4) is 0 Å². The monoisotopic (exact) mass is 157 g/mol. The lowest BCUT2D eigenvalue weighted by atomic mass is 10.4. The van der Waals surface area contributed by atoms with E-state index in [1.165, 1.54) is 0 Å². The first-order valence-electron chi connectivity index (χ1n) is 2.56. The van der Waals surface area contributed by atoms with Gasteiger partial charge in [0.1, 0.15) is 5.45 Å². The smallest absolute Gasteiger partial charge is 0.194 e. The molecule has 0 N–H and O–H groups in total. The van der Waals surface area contributed by atoms with E-state index in [4.69, 9.17) is 11.6 Å². The average Bonchev–Trinajstić information content (AvgIpc) is 2.57. The maximum absolute atomic E-state index is 11.2. The van der Waals surface area contributed by atoms with Gasteiger partial charge in [-0.2, -0.15) is 0 Å². The molecule has 0 saturated carbocycles. The Morgan fingerprint density at radius 1 is 1.56 bits per heavy atom. The summed E-state index contributed by atoms with van der Waals surface area (Å²) >= 11 is 5.64. The number of allylic oxidation sites excluding steroid dienone is 3. The van der Waals surface area contributed by atoms with Crippen LogP contribution < -0.4 is 0 Å². The van der Waals surface area contributed by atoms with E-state index in [1.807, 2.05) is 0 Å². The van der Waals surface area contributed by atoms with Gasteiger partial charge in [-0.3, -0.25) is 4.99 Å². The molecular formula is C5HClNOP. The second kappa shape index (κ2) is 0.882. The molecule has 0 aromatic carbocycles. The molecule has 4 heteroatoms. The highest BCUT2D eigenvalue weighted by molar-refractivity contribution is 8.10. The Hall–Kier alpha value is -0.330. The fourth-order valence-electron chi connectivity index (χ4n) is 1.19. The molecule has 3 aliphatic rings. The fourth-order valence-corrected chi connectivity index (χ4v) is 4.22. The molecule has 0 amide bonds. The van der Waals surface area contributed by atoms with Crippen molar-refractivity contribution in [3.63, 3.8) is 0 Å². The summed E-state index contributed by atoms with van der Waals surface area (Å²) in [6.45, 7) is 0. The van der Waals surface area contributed by atoms with E-state index in [2.05, 4.69) is 4.99 Å². The van der Waals surface area contributed by atoms with Crippen LogP contribution in [0, 0.1) is 0 Å². The Kier molecular flexibility index (Phi) is 0.439. The zero-order valence-electron chi connectivity index (χ0n) is 4.26. The third kappa shape index (κ3) is 0.262. The highest BCUT2D eigenvalue weighted by Crippen LogP contribution is 2.97. The maximum atomic E-state index is 11.2. The van der Waals surface area contributed by atoms with Gasteiger partial charge in [0.25, 0.3) is 0 Å². The molecular weight excluding hydrogens is 156 g/mol. The highest BCUT2D eigenvalue weighted by atomic mass is 35.5. The van der Waals surface area contributed by atoms with Crippen LogP contribution in [0.4, 0.5) is 0 Å². The molecule has 1 atom stereocenters. The first-order valence-corrected chi connectivity index (χ1v) is 4.65. The van der Waals surface area contributed by atoms with Crippen molar-refractivity contribution in [1.82, 2.24) is 0 Å². The summed E-state index contributed by atoms with van der Waals surface area (Å²) in [4.78, 5) is 3.89. The summed E-state index contributed by atoms with van der Waals surface area (Å²) in [7, 11) is -2.01. The van der Waals surface area contributed by atoms with Crippen molar-refractivity contribution >= 4 is 24.2 Å². The van der Waals surface area contributed by atoms with E-state index in [9.17, 15) is 4.57 Å². The largest absolute Gasteiger partial charge is 0.307 e. The summed E-state index contributed by atoms with van der Waals surface area (Å²) < 4.78 is 11.2. The quantitative estimate of drug-likeness (QED) is 0.495. The van der Waals surface area contributed by atoms with Gasteiger partial charge in [-0.05, 0) is 0 Å². The van der Waals surface area contributed by atoms with Crippen LogP contribution in [0.2, 0.25) is 0 Å². The van der Waals surface area contributed by atoms with Crippen LogP contribution in [0.1, 0.15) is 0 Å². The van der Waals surface area contributed by atoms with E-state index in [0.717, 1.165) is 16.1 Å². The number of halogens is 1. The summed E-state index contributed by atoms with van der Waals surface area (Å²) in [5, 5.41) is 2.45. The summed E-state index contributed by atoms with van der Waals surface area (Å²) in [5.41, 5.74) is 0.821. The first-order chi connectivity index (χ1) is 4.26. The molecule has 1 unspecified atom stereocenters. The van der Waals surface area contributed by atoms with Crippen molar-refractivity contribution in [2.45, 2.75) is 0 Å². The van der Waals surface area contributed by atoms with Crippen LogP contribution in [0.15, 0.2) is 26.9 Å². The van der Waals surface area contributed by atoms with E-state index >= 15 is 0 Å². The molecule has 0 aromatic rings. The van der Waals surface area contributed by atoms with E-state index in [-0.39, 0.29) is 0 Å². The van der Waals surface area contributed by atoms with Crippen molar-refractivity contribution in [2.75, 3.05) is 0 Å². The lowest BCUT2D eigenvalue weighted by Crippen LogP contribution is -1.84. The van der Waals surface area contributed by atoms with Crippen LogP contribution in [0.25, 0.3) is 0 Å². The Morgan fingerprint density at radius 3 is 2.56 bits per heavy atom. The summed E-state index contributed by atoms with van der Waals surface area (Å²) in [5.74, 6) is 0. The number of rotatable bonds is 0. The second-order valence-electron chi connectivity index (χ2n) is 2.24. The van der Waals surface area contributed by atoms with E-state index < -0.39 is 7.14 Å². The minimum atomic E-state index is -2.01. The van der Waals surface area contributed by atoms with Crippen molar-refractivity contribution < 1.29 is 4.57 Å². The standard InChI is InChI=1S/C5HClNOP/c6-2-1-7-5-4-3(2)9(4,5)8/h1H. The Morgan fingerprint density at radius 2 is 2.22 bits per heavy atom. The number of hydrogen-bond acceptors (Lipinski definition) is 2. The maximum Gasteiger partial charge on any atom is 0.194 e. The SMILES string of the molecule is O=P12c3ncc(Cl)c1c32. The molecule has 0 aromatic heterocycles. The number of fused-ring (bicyclic) bond motifs is 1. The average molecular weight is 157 g/mol. The molecule has 3 rings (SSSR count). The predicted octanol–water partition coefficient (Wildman–Crippen LogP) is 2.08. The van der Waals surface area contributed by atoms with Gasteiger partial charge in [0, 0.05) is 6.20 Å². The molecule has 1 fully saturated rings. The van der Waals surface area contributed by atoms with Gasteiger partial charge in [-0.1, -0.05) is 11.6 Å². The molecule has 1 saturated heterocycles. The van der Waals surface area contributed by atoms with E-state index in [0.29, 0.717) is 5.03 Å². The van der Waals surface area contributed by atoms with E-state index in [1.54, 1.807) is 6.20 Å². The lowest BCUT2D eigenvalue weighted by Gasteiger charge is -1.97. The first kappa shape index (κ1) is 4.48. The van der Waals surface area contributed by atoms with Gasteiger partial charge < -0.3 is 4.57 Å². The predicted molar refractivity (Wildman–Crippen MR) is 36.0 cm³/mol. The van der Waals surface area contributed by atoms with Gasteiger partial charge in [0.05, 0.1) is 15.7 Å². The zero-order valence-corrected chi connectivity index (χ0v) is 5.91. The van der Waals surface area contributed by atoms with Gasteiger partial charge in [-0.15, -0.1) is 0 Å². The molecule has 0 aliphatic carbocycles. The lowest BCUT2D eigenvalue weighted by molar-refractivity contribution is 0.597. The van der Waals surface area contributed by atoms with Crippen LogP contribution in [-0.4, -0.2) is 5.45 Å². The van der Waals surface area contributed by atoms with Gasteiger partial charge in [0.15, 0.2) is 7.14 Å². The van der Waals surface area contributed by atoms with Gasteiger partial charge in [0.2, 0.25) is 0 Å². The van der Waals surface area contributed by atoms with Crippen LogP contribution in [-0.2, 0) is 4.57 Å². The topological polar surface area (TPSA) is 29.4 Å². The minimum absolute atomic E-state index is 0.586. The third-order valence-electron chi connectivity index (χ3n) is 1.79. The molecule has 0 bridgehead atoms. The number of nitrogens with zero attached hydrogens (tertiary/aromatic N) is 1. The number of aliphatic imine (C=N–C) groups is 1. The molecule has 3 aliphatic heterocycles. The Labute approximate surface area is 56.3 Å². The number of hydrogen-bond donors (Lipinski definition) is 0. The van der Waals surface area contributed by atoms with Crippen molar-refractivity contribution in [2.24, 2.45) is 4.99 Å². The molecule has 0 spiro atoms. The molecule has 44 valence electrons. The Bertz CT molecular complexity index is 376. The second-order valence-corrected chi connectivity index (χ2v) is 5.18. The van der Waals surface area contributed by atoms with Crippen LogP contribution in [0.3, 0.4) is 0 Å².